The molecule has 0 atom stereocenters. The first-order valence-electron chi connectivity index (χ1n) is 7.95. The third-order valence-electron chi connectivity index (χ3n) is 3.68. The van der Waals surface area contributed by atoms with E-state index in [0.717, 1.165) is 5.56 Å². The highest BCUT2D eigenvalue weighted by Gasteiger charge is 2.23. The van der Waals surface area contributed by atoms with E-state index in [4.69, 9.17) is 10.5 Å². The fourth-order valence-electron chi connectivity index (χ4n) is 2.55. The van der Waals surface area contributed by atoms with E-state index in [-0.39, 0.29) is 24.7 Å². The van der Waals surface area contributed by atoms with E-state index >= 15 is 0 Å². The summed E-state index contributed by atoms with van der Waals surface area (Å²) in [6.45, 7) is 2.17. The number of carbonyl (C=O) groups is 1. The molecule has 1 aromatic heterocycles. The molecule has 0 fully saturated rings. The average molecular weight is 346 g/mol. The van der Waals surface area contributed by atoms with Gasteiger partial charge in [0, 0.05) is 13.7 Å². The number of rotatable bonds is 7. The summed E-state index contributed by atoms with van der Waals surface area (Å²) in [7, 11) is 1.39. The molecular formula is C17H22N4O4. The summed E-state index contributed by atoms with van der Waals surface area (Å²) in [6.07, 6.45) is 0.617. The second kappa shape index (κ2) is 8.29. The molecule has 0 saturated heterocycles. The molecule has 0 aliphatic rings. The summed E-state index contributed by atoms with van der Waals surface area (Å²) in [6, 6.07) is 9.23. The Kier molecular flexibility index (Phi) is 6.13. The first kappa shape index (κ1) is 18.5. The van der Waals surface area contributed by atoms with Crippen molar-refractivity contribution in [3.8, 4) is 0 Å². The maximum Gasteiger partial charge on any atom is 0.330 e. The zero-order valence-corrected chi connectivity index (χ0v) is 14.3. The van der Waals surface area contributed by atoms with Crippen LogP contribution in [0, 0.1) is 0 Å². The van der Waals surface area contributed by atoms with Gasteiger partial charge < -0.3 is 15.4 Å². The van der Waals surface area contributed by atoms with Crippen LogP contribution in [0.4, 0.5) is 11.5 Å². The highest BCUT2D eigenvalue weighted by atomic mass is 16.5. The van der Waals surface area contributed by atoms with Gasteiger partial charge in [-0.15, -0.1) is 0 Å². The van der Waals surface area contributed by atoms with Crippen LogP contribution in [0.5, 0.6) is 0 Å². The Labute approximate surface area is 144 Å². The summed E-state index contributed by atoms with van der Waals surface area (Å²) in [4.78, 5) is 40.3. The predicted molar refractivity (Wildman–Crippen MR) is 95.8 cm³/mol. The molecule has 8 heteroatoms. The summed E-state index contributed by atoms with van der Waals surface area (Å²) in [5.41, 5.74) is 5.61. The molecule has 0 radical (unpaired) electrons. The smallest absolute Gasteiger partial charge is 0.330 e. The second-order valence-corrected chi connectivity index (χ2v) is 5.54. The lowest BCUT2D eigenvalue weighted by Crippen LogP contribution is -2.42. The van der Waals surface area contributed by atoms with E-state index in [1.54, 1.807) is 0 Å². The number of ether oxygens (including phenoxy) is 1. The van der Waals surface area contributed by atoms with Crippen LogP contribution in [0.1, 0.15) is 18.9 Å². The van der Waals surface area contributed by atoms with Crippen LogP contribution in [0.25, 0.3) is 0 Å². The molecule has 134 valence electrons. The normalized spacial score (nSPS) is 10.6. The van der Waals surface area contributed by atoms with E-state index in [9.17, 15) is 14.4 Å². The topological polar surface area (TPSA) is 110 Å². The van der Waals surface area contributed by atoms with Crippen LogP contribution >= 0.6 is 0 Å². The van der Waals surface area contributed by atoms with E-state index in [1.165, 1.54) is 16.6 Å². The Morgan fingerprint density at radius 1 is 1.28 bits per heavy atom. The van der Waals surface area contributed by atoms with Crippen LogP contribution < -0.4 is 21.9 Å². The fraction of sp³-hybridized carbons (Fsp3) is 0.353. The van der Waals surface area contributed by atoms with Crippen LogP contribution in [-0.2, 0) is 16.1 Å². The molecule has 2 aromatic rings. The number of hydrogen-bond acceptors (Lipinski definition) is 5. The monoisotopic (exact) mass is 346 g/mol. The number of nitrogens with two attached hydrogens (primary N) is 1. The van der Waals surface area contributed by atoms with Crippen molar-refractivity contribution in [3.63, 3.8) is 0 Å². The highest BCUT2D eigenvalue weighted by molar-refractivity contribution is 5.96. The molecule has 25 heavy (non-hydrogen) atoms. The van der Waals surface area contributed by atoms with Crippen LogP contribution in [0.3, 0.4) is 0 Å². The van der Waals surface area contributed by atoms with E-state index < -0.39 is 17.2 Å². The van der Waals surface area contributed by atoms with Crippen molar-refractivity contribution in [3.05, 3.63) is 56.7 Å². The summed E-state index contributed by atoms with van der Waals surface area (Å²) < 4.78 is 6.11. The van der Waals surface area contributed by atoms with Crippen LogP contribution in [0.2, 0.25) is 0 Å². The molecular weight excluding hydrogens is 324 g/mol. The molecule has 1 amide bonds. The minimum absolute atomic E-state index is 0.0283. The zero-order valence-electron chi connectivity index (χ0n) is 14.3. The summed E-state index contributed by atoms with van der Waals surface area (Å²) in [5.74, 6) is -0.443. The number of amides is 1. The number of benzene rings is 1. The van der Waals surface area contributed by atoms with Gasteiger partial charge in [-0.1, -0.05) is 37.3 Å². The summed E-state index contributed by atoms with van der Waals surface area (Å²) in [5, 5.41) is 0. The van der Waals surface area contributed by atoms with Crippen molar-refractivity contribution in [1.82, 2.24) is 9.55 Å². The molecule has 8 nitrogen and oxygen atoms in total. The Morgan fingerprint density at radius 3 is 2.56 bits per heavy atom. The SMILES string of the molecule is CCCN(C(=O)COC)c1c(N)n(Cc2ccccc2)c(=O)[nH]c1=O. The van der Waals surface area contributed by atoms with Crippen molar-refractivity contribution in [1.29, 1.82) is 0 Å². The van der Waals surface area contributed by atoms with Crippen molar-refractivity contribution >= 4 is 17.4 Å². The maximum atomic E-state index is 12.3. The first-order valence-corrected chi connectivity index (χ1v) is 7.95. The number of aromatic amines is 1. The average Bonchev–Trinajstić information content (AvgIpc) is 2.59. The zero-order chi connectivity index (χ0) is 18.4. The molecule has 3 N–H and O–H groups in total. The van der Waals surface area contributed by atoms with E-state index in [1.807, 2.05) is 37.3 Å². The Balaban J connectivity index is 2.54. The highest BCUT2D eigenvalue weighted by Crippen LogP contribution is 2.18. The third-order valence-corrected chi connectivity index (χ3v) is 3.68. The minimum atomic E-state index is -0.690. The lowest BCUT2D eigenvalue weighted by atomic mass is 10.2. The van der Waals surface area contributed by atoms with E-state index in [0.29, 0.717) is 13.0 Å². The lowest BCUT2D eigenvalue weighted by Gasteiger charge is -2.23. The number of nitrogen functional groups attached to an aromatic ring is 1. The molecule has 0 spiro atoms. The predicted octanol–water partition coefficient (Wildman–Crippen LogP) is 0.556. The van der Waals surface area contributed by atoms with Gasteiger partial charge in [0.2, 0.25) is 0 Å². The molecule has 2 rings (SSSR count). The number of nitrogens with one attached hydrogen (secondary N) is 1. The molecule has 0 bridgehead atoms. The number of nitrogens with zero attached hydrogens (tertiary/aromatic N) is 2. The van der Waals surface area contributed by atoms with Gasteiger partial charge >= 0.3 is 5.69 Å². The number of anilines is 2. The summed E-state index contributed by atoms with van der Waals surface area (Å²) >= 11 is 0. The molecule has 0 aliphatic carbocycles. The van der Waals surface area contributed by atoms with Crippen molar-refractivity contribution < 1.29 is 9.53 Å². The number of hydrogen-bond donors (Lipinski definition) is 2. The Bertz CT molecular complexity index is 842. The van der Waals surface area contributed by atoms with Gasteiger partial charge in [-0.2, -0.15) is 0 Å². The molecule has 0 unspecified atom stereocenters. The van der Waals surface area contributed by atoms with Gasteiger partial charge in [0.15, 0.2) is 5.69 Å². The maximum absolute atomic E-state index is 12.3. The van der Waals surface area contributed by atoms with Gasteiger partial charge in [0.1, 0.15) is 12.4 Å². The number of aromatic nitrogens is 2. The minimum Gasteiger partial charge on any atom is -0.383 e. The van der Waals surface area contributed by atoms with Gasteiger partial charge in [-0.05, 0) is 12.0 Å². The van der Waals surface area contributed by atoms with Crippen LogP contribution in [0.15, 0.2) is 39.9 Å². The number of carbonyl (C=O) groups excluding carboxylic acids is 1. The van der Waals surface area contributed by atoms with Crippen molar-refractivity contribution in [2.45, 2.75) is 19.9 Å². The van der Waals surface area contributed by atoms with Crippen LogP contribution in [-0.4, -0.2) is 35.7 Å². The second-order valence-electron chi connectivity index (χ2n) is 5.54. The third kappa shape index (κ3) is 4.16. The Hall–Kier alpha value is -2.87. The first-order chi connectivity index (χ1) is 12.0. The molecule has 1 aromatic carbocycles. The molecule has 0 saturated carbocycles. The standard InChI is InChI=1S/C17H22N4O4/c1-3-9-20(13(22)11-25-2)14-15(18)21(17(24)19-16(14)23)10-12-7-5-4-6-8-12/h4-8H,3,9-11,18H2,1-2H3,(H,19,23,24). The number of H-pyrrole nitrogens is 1. The van der Waals surface area contributed by atoms with Gasteiger partial charge in [0.25, 0.3) is 11.5 Å². The van der Waals surface area contributed by atoms with Crippen molar-refractivity contribution in [2.75, 3.05) is 30.9 Å². The number of methoxy groups -OCH3 is 1. The van der Waals surface area contributed by atoms with Gasteiger partial charge in [0.05, 0.1) is 6.54 Å². The largest absolute Gasteiger partial charge is 0.383 e. The van der Waals surface area contributed by atoms with Gasteiger partial charge in [-0.25, -0.2) is 4.79 Å². The van der Waals surface area contributed by atoms with E-state index in [2.05, 4.69) is 4.98 Å². The molecule has 0 aliphatic heterocycles. The fourth-order valence-corrected chi connectivity index (χ4v) is 2.55. The molecule has 1 heterocycles. The Morgan fingerprint density at radius 2 is 1.96 bits per heavy atom. The quantitative estimate of drug-likeness (QED) is 0.761. The van der Waals surface area contributed by atoms with Crippen molar-refractivity contribution in [2.24, 2.45) is 0 Å². The van der Waals surface area contributed by atoms with Gasteiger partial charge in [-0.3, -0.25) is 19.1 Å². The lowest BCUT2D eigenvalue weighted by molar-refractivity contribution is -0.122.